The Balaban J connectivity index is 2.38. The second-order valence-electron chi connectivity index (χ2n) is 3.72. The average molecular weight is 178 g/mol. The fourth-order valence-corrected chi connectivity index (χ4v) is 2.43. The Bertz CT molecular complexity index is 223. The van der Waals surface area contributed by atoms with Gasteiger partial charge in [-0.25, -0.2) is 0 Å². The molecule has 2 aliphatic carbocycles. The van der Waals surface area contributed by atoms with E-state index in [0.29, 0.717) is 12.8 Å². The molecular formula is C8H9F3O. The summed E-state index contributed by atoms with van der Waals surface area (Å²) in [6, 6.07) is 0. The molecule has 2 fully saturated rings. The first-order valence-corrected chi connectivity index (χ1v) is 4.08. The summed E-state index contributed by atoms with van der Waals surface area (Å²) in [7, 11) is 0. The van der Waals surface area contributed by atoms with E-state index >= 15 is 0 Å². The second-order valence-corrected chi connectivity index (χ2v) is 3.72. The molecule has 0 unspecified atom stereocenters. The summed E-state index contributed by atoms with van der Waals surface area (Å²) in [6.45, 7) is 0. The van der Waals surface area contributed by atoms with E-state index in [4.69, 9.17) is 0 Å². The Morgan fingerprint density at radius 2 is 1.75 bits per heavy atom. The topological polar surface area (TPSA) is 17.1 Å². The molecule has 0 atom stereocenters. The van der Waals surface area contributed by atoms with E-state index in [1.165, 1.54) is 0 Å². The Kier molecular flexibility index (Phi) is 1.37. The summed E-state index contributed by atoms with van der Waals surface area (Å²) in [5.74, 6) is -0.832. The smallest absolute Gasteiger partial charge is 0.298 e. The normalized spacial score (nSPS) is 40.9. The highest BCUT2D eigenvalue weighted by atomic mass is 19.4. The summed E-state index contributed by atoms with van der Waals surface area (Å²) in [4.78, 5) is 11.2. The third kappa shape index (κ3) is 0.730. The molecule has 0 radical (unpaired) electrons. The maximum Gasteiger partial charge on any atom is 0.401 e. The van der Waals surface area contributed by atoms with Crippen LogP contribution < -0.4 is 0 Å². The minimum atomic E-state index is -4.31. The van der Waals surface area contributed by atoms with Crippen molar-refractivity contribution in [1.29, 1.82) is 0 Å². The zero-order valence-electron chi connectivity index (χ0n) is 6.45. The van der Waals surface area contributed by atoms with E-state index in [1.54, 1.807) is 0 Å². The molecule has 0 spiro atoms. The molecule has 2 rings (SSSR count). The first kappa shape index (κ1) is 8.08. The molecule has 0 N–H and O–H groups in total. The van der Waals surface area contributed by atoms with Crippen LogP contribution in [-0.4, -0.2) is 12.0 Å². The number of hydrogen-bond acceptors (Lipinski definition) is 1. The lowest BCUT2D eigenvalue weighted by atomic mass is 9.83. The molecule has 0 saturated heterocycles. The number of carbonyl (C=O) groups excluding carboxylic acids is 1. The van der Waals surface area contributed by atoms with Gasteiger partial charge in [-0.05, 0) is 25.7 Å². The van der Waals surface area contributed by atoms with Gasteiger partial charge >= 0.3 is 6.18 Å². The molecule has 0 heterocycles. The van der Waals surface area contributed by atoms with Crippen LogP contribution in [0.5, 0.6) is 0 Å². The number of carbonyl (C=O) groups is 1. The second kappa shape index (κ2) is 2.03. The number of hydrogen-bond donors (Lipinski definition) is 0. The summed E-state index contributed by atoms with van der Waals surface area (Å²) in [6.07, 6.45) is -3.37. The largest absolute Gasteiger partial charge is 0.401 e. The maximum atomic E-state index is 12.5. The van der Waals surface area contributed by atoms with Crippen molar-refractivity contribution in [3.05, 3.63) is 0 Å². The maximum absolute atomic E-state index is 12.5. The minimum absolute atomic E-state index is 0.0278. The number of rotatable bonds is 0. The van der Waals surface area contributed by atoms with E-state index in [9.17, 15) is 18.0 Å². The van der Waals surface area contributed by atoms with Gasteiger partial charge in [-0.15, -0.1) is 0 Å². The van der Waals surface area contributed by atoms with Gasteiger partial charge < -0.3 is 0 Å². The van der Waals surface area contributed by atoms with E-state index in [2.05, 4.69) is 0 Å². The van der Waals surface area contributed by atoms with Crippen LogP contribution in [0.1, 0.15) is 25.7 Å². The van der Waals surface area contributed by atoms with Gasteiger partial charge in [0, 0.05) is 5.92 Å². The lowest BCUT2D eigenvalue weighted by Crippen LogP contribution is -2.39. The van der Waals surface area contributed by atoms with Gasteiger partial charge in [0.15, 0.2) is 5.78 Å². The van der Waals surface area contributed by atoms with Crippen LogP contribution in [0.3, 0.4) is 0 Å². The molecule has 0 amide bonds. The Morgan fingerprint density at radius 3 is 1.92 bits per heavy atom. The number of ketones is 1. The molecule has 68 valence electrons. The van der Waals surface area contributed by atoms with E-state index in [0.717, 1.165) is 0 Å². The number of Topliss-reactive ketones (excluding diaryl/α,β-unsaturated/α-hetero) is 1. The Hall–Kier alpha value is -0.540. The van der Waals surface area contributed by atoms with Crippen LogP contribution in [0.25, 0.3) is 0 Å². The Morgan fingerprint density at radius 1 is 1.25 bits per heavy atom. The highest BCUT2D eigenvalue weighted by Crippen LogP contribution is 2.59. The molecule has 4 heteroatoms. The first-order chi connectivity index (χ1) is 5.47. The monoisotopic (exact) mass is 178 g/mol. The van der Waals surface area contributed by atoms with Crippen molar-refractivity contribution in [3.8, 4) is 0 Å². The van der Waals surface area contributed by atoms with Gasteiger partial charge in [0.05, 0.1) is 0 Å². The zero-order valence-corrected chi connectivity index (χ0v) is 6.45. The molecule has 2 aliphatic rings. The van der Waals surface area contributed by atoms with Gasteiger partial charge in [-0.3, -0.25) is 4.79 Å². The number of halogens is 3. The van der Waals surface area contributed by atoms with Gasteiger partial charge in [0.2, 0.25) is 0 Å². The number of fused-ring (bicyclic) bond motifs is 2. The fourth-order valence-electron chi connectivity index (χ4n) is 2.43. The minimum Gasteiger partial charge on any atom is -0.298 e. The molecule has 0 aromatic carbocycles. The lowest BCUT2D eigenvalue weighted by molar-refractivity contribution is -0.216. The molecule has 0 aliphatic heterocycles. The molecular weight excluding hydrogens is 169 g/mol. The van der Waals surface area contributed by atoms with Crippen molar-refractivity contribution >= 4 is 5.78 Å². The molecule has 0 aromatic rings. The van der Waals surface area contributed by atoms with Crippen LogP contribution in [0, 0.1) is 11.3 Å². The van der Waals surface area contributed by atoms with Crippen LogP contribution in [0.2, 0.25) is 0 Å². The summed E-state index contributed by atoms with van der Waals surface area (Å²) < 4.78 is 37.4. The predicted octanol–water partition coefficient (Wildman–Crippen LogP) is 2.31. The van der Waals surface area contributed by atoms with Gasteiger partial charge in [-0.1, -0.05) is 0 Å². The standard InChI is InChI=1S/C8H9F3O/c9-8(10,11)7-3-1-5(2-4-7)6(7)12/h5H,1-4H2. The lowest BCUT2D eigenvalue weighted by Gasteiger charge is -2.27. The van der Waals surface area contributed by atoms with Crippen LogP contribution in [0.4, 0.5) is 13.2 Å². The Labute approximate surface area is 67.9 Å². The average Bonchev–Trinajstić information content (AvgIpc) is 2.45. The molecule has 12 heavy (non-hydrogen) atoms. The fraction of sp³-hybridized carbons (Fsp3) is 0.875. The van der Waals surface area contributed by atoms with E-state index in [1.807, 2.05) is 0 Å². The van der Waals surface area contributed by atoms with Crippen LogP contribution >= 0.6 is 0 Å². The van der Waals surface area contributed by atoms with Crippen molar-refractivity contribution < 1.29 is 18.0 Å². The highest BCUT2D eigenvalue weighted by molar-refractivity contribution is 5.91. The van der Waals surface area contributed by atoms with Crippen molar-refractivity contribution in [2.24, 2.45) is 11.3 Å². The predicted molar refractivity (Wildman–Crippen MR) is 35.5 cm³/mol. The van der Waals surface area contributed by atoms with E-state index in [-0.39, 0.29) is 18.8 Å². The van der Waals surface area contributed by atoms with Crippen LogP contribution in [0.15, 0.2) is 0 Å². The van der Waals surface area contributed by atoms with Gasteiger partial charge in [-0.2, -0.15) is 13.2 Å². The number of alkyl halides is 3. The van der Waals surface area contributed by atoms with Crippen molar-refractivity contribution in [2.45, 2.75) is 31.9 Å². The van der Waals surface area contributed by atoms with Crippen molar-refractivity contribution in [3.63, 3.8) is 0 Å². The zero-order chi connectivity index (χ0) is 8.98. The third-order valence-corrected chi connectivity index (χ3v) is 3.22. The van der Waals surface area contributed by atoms with Crippen LogP contribution in [-0.2, 0) is 4.79 Å². The molecule has 0 aromatic heterocycles. The van der Waals surface area contributed by atoms with Gasteiger partial charge in [0.1, 0.15) is 5.41 Å². The van der Waals surface area contributed by atoms with Crippen molar-refractivity contribution in [1.82, 2.24) is 0 Å². The quantitative estimate of drug-likeness (QED) is 0.556. The highest BCUT2D eigenvalue weighted by Gasteiger charge is 2.67. The van der Waals surface area contributed by atoms with Gasteiger partial charge in [0.25, 0.3) is 0 Å². The SMILES string of the molecule is O=C1C2CCC1(C(F)(F)F)CC2. The molecule has 1 nitrogen and oxygen atoms in total. The molecule has 2 saturated carbocycles. The summed E-state index contributed by atoms with van der Waals surface area (Å²) in [5.41, 5.74) is -1.93. The summed E-state index contributed by atoms with van der Waals surface area (Å²) >= 11 is 0. The summed E-state index contributed by atoms with van der Waals surface area (Å²) in [5, 5.41) is 0. The third-order valence-electron chi connectivity index (χ3n) is 3.22. The molecule has 2 bridgehead atoms. The van der Waals surface area contributed by atoms with Crippen molar-refractivity contribution in [2.75, 3.05) is 0 Å². The first-order valence-electron chi connectivity index (χ1n) is 4.08. The van der Waals surface area contributed by atoms with E-state index < -0.39 is 17.4 Å².